The molecule has 178 valence electrons. The minimum Gasteiger partial charge on any atom is -0.459 e. The largest absolute Gasteiger partial charge is 0.459 e. The van der Waals surface area contributed by atoms with Crippen molar-refractivity contribution in [2.24, 2.45) is 5.92 Å². The number of fused-ring (bicyclic) bond motifs is 6. The molecular formula is C26H34N2O5. The number of aromatic amines is 1. The van der Waals surface area contributed by atoms with Crippen LogP contribution in [0, 0.1) is 5.92 Å². The second-order valence-corrected chi connectivity index (χ2v) is 11.1. The highest BCUT2D eigenvalue weighted by Crippen LogP contribution is 2.57. The van der Waals surface area contributed by atoms with E-state index in [9.17, 15) is 14.7 Å². The summed E-state index contributed by atoms with van der Waals surface area (Å²) in [6.07, 6.45) is 1.80. The molecule has 1 aliphatic carbocycles. The van der Waals surface area contributed by atoms with E-state index in [0.717, 1.165) is 10.9 Å². The third-order valence-electron chi connectivity index (χ3n) is 6.52. The van der Waals surface area contributed by atoms with Gasteiger partial charge in [-0.1, -0.05) is 24.3 Å². The van der Waals surface area contributed by atoms with Gasteiger partial charge in [0.2, 0.25) is 5.41 Å². The van der Waals surface area contributed by atoms with Gasteiger partial charge in [-0.15, -0.1) is 6.58 Å². The van der Waals surface area contributed by atoms with Gasteiger partial charge in [-0.2, -0.15) is 0 Å². The van der Waals surface area contributed by atoms with Crippen LogP contribution in [0.25, 0.3) is 10.9 Å². The Balaban J connectivity index is 2.11. The van der Waals surface area contributed by atoms with Crippen molar-refractivity contribution < 1.29 is 24.2 Å². The molecule has 0 spiro atoms. The van der Waals surface area contributed by atoms with E-state index < -0.39 is 46.1 Å². The molecule has 3 atom stereocenters. The van der Waals surface area contributed by atoms with Crippen molar-refractivity contribution in [2.45, 2.75) is 76.2 Å². The SMILES string of the molecule is C=C[C@]1(O)[C@@H]2CCN[C@H]1c1c([nH]c3ccccc13)C2(C(=O)OC(C)(C)C)C(=O)OC(C)(C)C. The first-order chi connectivity index (χ1) is 15.3. The number of esters is 2. The van der Waals surface area contributed by atoms with Crippen LogP contribution in [-0.2, 0) is 24.5 Å². The van der Waals surface area contributed by atoms with Crippen LogP contribution in [0.2, 0.25) is 0 Å². The summed E-state index contributed by atoms with van der Waals surface area (Å²) in [4.78, 5) is 31.5. The van der Waals surface area contributed by atoms with E-state index in [1.54, 1.807) is 41.5 Å². The topological polar surface area (TPSA) is 101 Å². The molecular weight excluding hydrogens is 420 g/mol. The molecule has 33 heavy (non-hydrogen) atoms. The molecule has 2 bridgehead atoms. The maximum absolute atomic E-state index is 14.1. The van der Waals surface area contributed by atoms with Gasteiger partial charge in [0.25, 0.3) is 0 Å². The van der Waals surface area contributed by atoms with Gasteiger partial charge in [-0.05, 0) is 60.6 Å². The van der Waals surface area contributed by atoms with Gasteiger partial charge in [-0.3, -0.25) is 9.59 Å². The lowest BCUT2D eigenvalue weighted by molar-refractivity contribution is -0.192. The number of hydrogen-bond acceptors (Lipinski definition) is 6. The van der Waals surface area contributed by atoms with E-state index in [1.165, 1.54) is 6.08 Å². The molecule has 0 radical (unpaired) electrons. The van der Waals surface area contributed by atoms with Crippen molar-refractivity contribution in [2.75, 3.05) is 6.54 Å². The van der Waals surface area contributed by atoms with Gasteiger partial charge in [0, 0.05) is 22.4 Å². The number of ether oxygens (including phenoxy) is 2. The van der Waals surface area contributed by atoms with E-state index in [4.69, 9.17) is 9.47 Å². The van der Waals surface area contributed by atoms with Gasteiger partial charge in [0.15, 0.2) is 0 Å². The van der Waals surface area contributed by atoms with Crippen LogP contribution in [0.5, 0.6) is 0 Å². The zero-order valence-corrected chi connectivity index (χ0v) is 20.2. The Kier molecular flexibility index (Phi) is 5.30. The highest BCUT2D eigenvalue weighted by Gasteiger charge is 2.70. The Labute approximate surface area is 194 Å². The Morgan fingerprint density at radius 2 is 1.67 bits per heavy atom. The smallest absolute Gasteiger partial charge is 0.330 e. The maximum atomic E-state index is 14.1. The molecule has 7 heteroatoms. The Hall–Kier alpha value is -2.64. The Morgan fingerprint density at radius 1 is 1.09 bits per heavy atom. The van der Waals surface area contributed by atoms with Crippen LogP contribution in [0.4, 0.5) is 0 Å². The molecule has 0 saturated carbocycles. The fraction of sp³-hybridized carbons (Fsp3) is 0.538. The number of para-hydroxylation sites is 1. The highest BCUT2D eigenvalue weighted by atomic mass is 16.6. The number of carbonyl (C=O) groups is 2. The molecule has 2 aromatic rings. The summed E-state index contributed by atoms with van der Waals surface area (Å²) in [6.45, 7) is 15.0. The van der Waals surface area contributed by atoms with Crippen molar-refractivity contribution in [3.8, 4) is 0 Å². The summed E-state index contributed by atoms with van der Waals surface area (Å²) < 4.78 is 11.7. The molecule has 1 aromatic heterocycles. The molecule has 0 unspecified atom stereocenters. The van der Waals surface area contributed by atoms with Gasteiger partial charge in [0.1, 0.15) is 16.8 Å². The van der Waals surface area contributed by atoms with Crippen LogP contribution >= 0.6 is 0 Å². The predicted molar refractivity (Wildman–Crippen MR) is 126 cm³/mol. The first-order valence-electron chi connectivity index (χ1n) is 11.4. The molecule has 4 rings (SSSR count). The van der Waals surface area contributed by atoms with Gasteiger partial charge < -0.3 is 24.9 Å². The third kappa shape index (κ3) is 3.49. The summed E-state index contributed by atoms with van der Waals surface area (Å²) in [7, 11) is 0. The van der Waals surface area contributed by atoms with E-state index in [1.807, 2.05) is 24.3 Å². The molecule has 3 N–H and O–H groups in total. The predicted octanol–water partition coefficient (Wildman–Crippen LogP) is 3.67. The van der Waals surface area contributed by atoms with Crippen molar-refractivity contribution in [1.82, 2.24) is 10.3 Å². The van der Waals surface area contributed by atoms with Gasteiger partial charge >= 0.3 is 11.9 Å². The molecule has 0 amide bonds. The first-order valence-corrected chi connectivity index (χ1v) is 11.4. The average molecular weight is 455 g/mol. The molecule has 1 saturated heterocycles. The number of nitrogens with one attached hydrogen (secondary N) is 2. The second-order valence-electron chi connectivity index (χ2n) is 11.1. The fourth-order valence-electron chi connectivity index (χ4n) is 5.36. The number of H-pyrrole nitrogens is 1. The summed E-state index contributed by atoms with van der Waals surface area (Å²) in [5, 5.41) is 16.2. The van der Waals surface area contributed by atoms with E-state index >= 15 is 0 Å². The lowest BCUT2D eigenvalue weighted by Gasteiger charge is -2.55. The van der Waals surface area contributed by atoms with Crippen molar-refractivity contribution in [3.05, 3.63) is 48.2 Å². The molecule has 2 aliphatic rings. The monoisotopic (exact) mass is 454 g/mol. The minimum absolute atomic E-state index is 0.353. The van der Waals surface area contributed by atoms with Crippen LogP contribution in [0.1, 0.15) is 65.3 Å². The van der Waals surface area contributed by atoms with E-state index in [2.05, 4.69) is 16.9 Å². The minimum atomic E-state index is -1.89. The van der Waals surface area contributed by atoms with Crippen LogP contribution < -0.4 is 5.32 Å². The number of rotatable bonds is 3. The van der Waals surface area contributed by atoms with Gasteiger partial charge in [0.05, 0.1) is 11.7 Å². The second kappa shape index (κ2) is 7.43. The number of aliphatic hydroxyl groups is 1. The Bertz CT molecular complexity index is 1090. The molecule has 2 heterocycles. The number of benzene rings is 1. The summed E-state index contributed by atoms with van der Waals surface area (Å²) in [6, 6.07) is 7.03. The third-order valence-corrected chi connectivity index (χ3v) is 6.52. The van der Waals surface area contributed by atoms with Crippen molar-refractivity contribution >= 4 is 22.8 Å². The van der Waals surface area contributed by atoms with Crippen LogP contribution in [0.3, 0.4) is 0 Å². The maximum Gasteiger partial charge on any atom is 0.330 e. The van der Waals surface area contributed by atoms with E-state index in [0.29, 0.717) is 24.2 Å². The lowest BCUT2D eigenvalue weighted by atomic mass is 9.54. The number of piperidine rings is 1. The summed E-state index contributed by atoms with van der Waals surface area (Å²) in [5.41, 5.74) is -3.33. The summed E-state index contributed by atoms with van der Waals surface area (Å²) >= 11 is 0. The molecule has 7 nitrogen and oxygen atoms in total. The quantitative estimate of drug-likeness (QED) is 0.372. The molecule has 1 fully saturated rings. The first kappa shape index (κ1) is 23.5. The molecule has 1 aliphatic heterocycles. The number of aromatic nitrogens is 1. The average Bonchev–Trinajstić information content (AvgIpc) is 3.05. The normalized spacial score (nSPS) is 26.4. The van der Waals surface area contributed by atoms with E-state index in [-0.39, 0.29) is 0 Å². The Morgan fingerprint density at radius 3 is 2.21 bits per heavy atom. The number of carbonyl (C=O) groups excluding carboxylic acids is 2. The number of hydrogen-bond donors (Lipinski definition) is 3. The standard InChI is InChI=1S/C26H34N2O5/c1-8-25(31)17-13-14-27-19(25)18-15-11-9-10-12-16(15)28-20(18)26(17,21(29)32-23(2,3)4)22(30)33-24(5,6)7/h8-12,17,19,27-28,31H,1,13-14H2,2-7H3/t17-,19-,25-/m0/s1. The van der Waals surface area contributed by atoms with Crippen molar-refractivity contribution in [1.29, 1.82) is 0 Å². The zero-order valence-electron chi connectivity index (χ0n) is 20.2. The molecule has 1 aromatic carbocycles. The van der Waals surface area contributed by atoms with Gasteiger partial charge in [-0.25, -0.2) is 0 Å². The fourth-order valence-corrected chi connectivity index (χ4v) is 5.36. The van der Waals surface area contributed by atoms with Crippen molar-refractivity contribution in [3.63, 3.8) is 0 Å². The van der Waals surface area contributed by atoms with Crippen LogP contribution in [0.15, 0.2) is 36.9 Å². The summed E-state index contributed by atoms with van der Waals surface area (Å²) in [5.74, 6) is -2.30. The lowest BCUT2D eigenvalue weighted by Crippen LogP contribution is -2.69. The van der Waals surface area contributed by atoms with Crippen LogP contribution in [-0.4, -0.2) is 45.4 Å². The zero-order chi connectivity index (χ0) is 24.4. The highest BCUT2D eigenvalue weighted by molar-refractivity contribution is 6.09.